The molecule has 3 aromatic carbocycles. The van der Waals surface area contributed by atoms with Gasteiger partial charge in [-0.05, 0) is 99.7 Å². The van der Waals surface area contributed by atoms with Crippen LogP contribution in [0.4, 0.5) is 5.69 Å². The molecule has 5 heteroatoms. The molecule has 0 bridgehead atoms. The van der Waals surface area contributed by atoms with Crippen LogP contribution < -0.4 is 15.0 Å². The van der Waals surface area contributed by atoms with Crippen molar-refractivity contribution < 1.29 is 4.74 Å². The molecule has 2 heterocycles. The highest BCUT2D eigenvalue weighted by atomic mass is 35.5. The van der Waals surface area contributed by atoms with Crippen molar-refractivity contribution in [3.05, 3.63) is 107 Å². The molecule has 1 atom stereocenters. The average molecular weight is 556 g/mol. The number of fused-ring (bicyclic) bond motifs is 3. The van der Waals surface area contributed by atoms with E-state index in [1.807, 2.05) is 13.0 Å². The smallest absolute Gasteiger partial charge is 0.119 e. The molecule has 1 unspecified atom stereocenters. The number of hydrogen-bond donors (Lipinski definition) is 2. The Morgan fingerprint density at radius 3 is 2.50 bits per heavy atom. The molecule has 2 N–H and O–H groups in total. The monoisotopic (exact) mass is 555 g/mol. The zero-order chi connectivity index (χ0) is 27.9. The first-order valence-corrected chi connectivity index (χ1v) is 15.1. The SMILES string of the molecule is C=CC.Cc1ccc(N2CCc3c([nH]c4ccc(Cl)cc34)C2c2ccc(OCCCNC3CCCC3)cc2)cc1. The molecule has 0 spiro atoms. The van der Waals surface area contributed by atoms with Gasteiger partial charge in [0.05, 0.1) is 12.6 Å². The van der Waals surface area contributed by atoms with Gasteiger partial charge in [-0.25, -0.2) is 0 Å². The normalized spacial score (nSPS) is 16.9. The summed E-state index contributed by atoms with van der Waals surface area (Å²) < 4.78 is 6.09. The number of nitrogens with one attached hydrogen (secondary N) is 2. The molecule has 40 heavy (non-hydrogen) atoms. The summed E-state index contributed by atoms with van der Waals surface area (Å²) in [7, 11) is 0. The van der Waals surface area contributed by atoms with Crippen LogP contribution >= 0.6 is 11.6 Å². The fraction of sp³-hybridized carbons (Fsp3) is 0.371. The Morgan fingerprint density at radius 1 is 1.05 bits per heavy atom. The fourth-order valence-electron chi connectivity index (χ4n) is 6.07. The quantitative estimate of drug-likeness (QED) is 0.168. The van der Waals surface area contributed by atoms with Gasteiger partial charge in [0.1, 0.15) is 5.75 Å². The van der Waals surface area contributed by atoms with Crippen LogP contribution in [0.15, 0.2) is 79.4 Å². The Kier molecular flexibility index (Phi) is 9.51. The molecule has 1 aliphatic heterocycles. The summed E-state index contributed by atoms with van der Waals surface area (Å²) in [6.45, 7) is 10.1. The molecule has 4 aromatic rings. The zero-order valence-electron chi connectivity index (χ0n) is 23.9. The maximum atomic E-state index is 6.38. The molecule has 0 amide bonds. The predicted octanol–water partition coefficient (Wildman–Crippen LogP) is 8.78. The average Bonchev–Trinajstić information content (AvgIpc) is 3.61. The third-order valence-corrected chi connectivity index (χ3v) is 8.26. The third kappa shape index (κ3) is 6.56. The number of benzene rings is 3. The Bertz CT molecular complexity index is 1390. The topological polar surface area (TPSA) is 40.3 Å². The second kappa shape index (κ2) is 13.4. The molecule has 4 nitrogen and oxygen atoms in total. The van der Waals surface area contributed by atoms with Gasteiger partial charge >= 0.3 is 0 Å². The molecular weight excluding hydrogens is 514 g/mol. The van der Waals surface area contributed by atoms with E-state index in [9.17, 15) is 0 Å². The lowest BCUT2D eigenvalue weighted by Gasteiger charge is -2.38. The molecule has 0 saturated heterocycles. The van der Waals surface area contributed by atoms with Gasteiger partial charge in [0, 0.05) is 39.9 Å². The first-order valence-electron chi connectivity index (χ1n) is 14.7. The lowest BCUT2D eigenvalue weighted by molar-refractivity contribution is 0.304. The summed E-state index contributed by atoms with van der Waals surface area (Å²) >= 11 is 6.38. The van der Waals surface area contributed by atoms with Crippen LogP contribution in [0.3, 0.4) is 0 Å². The number of allylic oxidation sites excluding steroid dienone is 1. The maximum Gasteiger partial charge on any atom is 0.119 e. The van der Waals surface area contributed by atoms with Gasteiger partial charge in [0.25, 0.3) is 0 Å². The molecule has 1 aromatic heterocycles. The summed E-state index contributed by atoms with van der Waals surface area (Å²) in [6.07, 6.45) is 9.16. The molecule has 1 aliphatic carbocycles. The highest BCUT2D eigenvalue weighted by molar-refractivity contribution is 6.31. The van der Waals surface area contributed by atoms with Gasteiger partial charge in [-0.1, -0.05) is 60.3 Å². The number of nitrogens with zero attached hydrogens (tertiary/aromatic N) is 1. The van der Waals surface area contributed by atoms with Crippen LogP contribution in [0, 0.1) is 6.92 Å². The summed E-state index contributed by atoms with van der Waals surface area (Å²) in [4.78, 5) is 6.27. The summed E-state index contributed by atoms with van der Waals surface area (Å²) in [5.74, 6) is 0.936. The highest BCUT2D eigenvalue weighted by Crippen LogP contribution is 2.41. The lowest BCUT2D eigenvalue weighted by Crippen LogP contribution is -2.36. The van der Waals surface area contributed by atoms with E-state index in [0.717, 1.165) is 54.9 Å². The summed E-state index contributed by atoms with van der Waals surface area (Å²) in [5.41, 5.74) is 7.56. The van der Waals surface area contributed by atoms with Gasteiger partial charge in [0.15, 0.2) is 0 Å². The number of aryl methyl sites for hydroxylation is 1. The van der Waals surface area contributed by atoms with E-state index in [2.05, 4.69) is 89.4 Å². The number of halogens is 1. The molecular formula is C35H42ClN3O. The van der Waals surface area contributed by atoms with E-state index in [4.69, 9.17) is 16.3 Å². The zero-order valence-corrected chi connectivity index (χ0v) is 24.6. The van der Waals surface area contributed by atoms with Crippen molar-refractivity contribution in [1.82, 2.24) is 10.3 Å². The van der Waals surface area contributed by atoms with Crippen molar-refractivity contribution >= 4 is 28.2 Å². The van der Waals surface area contributed by atoms with Crippen LogP contribution in [0.5, 0.6) is 5.75 Å². The maximum absolute atomic E-state index is 6.38. The molecule has 1 fully saturated rings. The van der Waals surface area contributed by atoms with Crippen molar-refractivity contribution in [3.8, 4) is 5.75 Å². The van der Waals surface area contributed by atoms with Crippen molar-refractivity contribution in [1.29, 1.82) is 0 Å². The van der Waals surface area contributed by atoms with Gasteiger partial charge < -0.3 is 19.9 Å². The van der Waals surface area contributed by atoms with Gasteiger partial charge in [-0.3, -0.25) is 0 Å². The molecule has 0 radical (unpaired) electrons. The van der Waals surface area contributed by atoms with E-state index in [-0.39, 0.29) is 6.04 Å². The fourth-order valence-corrected chi connectivity index (χ4v) is 6.24. The lowest BCUT2D eigenvalue weighted by atomic mass is 9.91. The Morgan fingerprint density at radius 2 is 1.77 bits per heavy atom. The van der Waals surface area contributed by atoms with E-state index in [1.165, 1.54) is 59.1 Å². The van der Waals surface area contributed by atoms with Crippen LogP contribution in [0.2, 0.25) is 5.02 Å². The molecule has 6 rings (SSSR count). The first kappa shape index (κ1) is 28.3. The standard InChI is InChI=1S/C32H36ClN3O.C3H6/c1-22-7-12-26(13-8-22)36-19-17-28-29-21-24(33)11-16-30(29)35-31(28)32(36)23-9-14-27(15-10-23)37-20-4-18-34-25-5-2-3-6-25;1-3-2/h7-16,21,25,32,34-35H,2-6,17-20H2,1H3;3H,1H2,2H3. The van der Waals surface area contributed by atoms with Crippen LogP contribution in [-0.4, -0.2) is 30.7 Å². The van der Waals surface area contributed by atoms with Crippen molar-refractivity contribution in [2.75, 3.05) is 24.6 Å². The van der Waals surface area contributed by atoms with Gasteiger partial charge in [0.2, 0.25) is 0 Å². The minimum Gasteiger partial charge on any atom is -0.494 e. The number of hydrogen-bond acceptors (Lipinski definition) is 3. The van der Waals surface area contributed by atoms with Gasteiger partial charge in [-0.15, -0.1) is 6.58 Å². The minimum atomic E-state index is 0.0993. The Balaban J connectivity index is 0.00000103. The van der Waals surface area contributed by atoms with Crippen LogP contribution in [0.25, 0.3) is 10.9 Å². The first-order chi connectivity index (χ1) is 19.6. The van der Waals surface area contributed by atoms with Gasteiger partial charge in [-0.2, -0.15) is 0 Å². The highest BCUT2D eigenvalue weighted by Gasteiger charge is 2.32. The number of ether oxygens (including phenoxy) is 1. The summed E-state index contributed by atoms with van der Waals surface area (Å²) in [5, 5.41) is 5.69. The number of H-pyrrole nitrogens is 1. The predicted molar refractivity (Wildman–Crippen MR) is 170 cm³/mol. The molecule has 210 valence electrons. The Hall–Kier alpha value is -3.21. The second-order valence-corrected chi connectivity index (χ2v) is 11.4. The number of rotatable bonds is 8. The van der Waals surface area contributed by atoms with E-state index < -0.39 is 0 Å². The van der Waals surface area contributed by atoms with E-state index in [1.54, 1.807) is 6.08 Å². The van der Waals surface area contributed by atoms with Crippen LogP contribution in [0.1, 0.15) is 67.5 Å². The van der Waals surface area contributed by atoms with E-state index in [0.29, 0.717) is 0 Å². The second-order valence-electron chi connectivity index (χ2n) is 11.0. The van der Waals surface area contributed by atoms with Crippen molar-refractivity contribution in [3.63, 3.8) is 0 Å². The van der Waals surface area contributed by atoms with Crippen LogP contribution in [-0.2, 0) is 6.42 Å². The third-order valence-electron chi connectivity index (χ3n) is 8.03. The molecule has 1 saturated carbocycles. The van der Waals surface area contributed by atoms with Crippen molar-refractivity contribution in [2.45, 2.75) is 64.5 Å². The Labute approximate surface area is 244 Å². The van der Waals surface area contributed by atoms with E-state index >= 15 is 0 Å². The number of aromatic amines is 1. The largest absolute Gasteiger partial charge is 0.494 e. The molecule has 2 aliphatic rings. The minimum absolute atomic E-state index is 0.0993. The number of aromatic nitrogens is 1. The summed E-state index contributed by atoms with van der Waals surface area (Å²) in [6, 6.07) is 24.6. The van der Waals surface area contributed by atoms with Crippen molar-refractivity contribution in [2.24, 2.45) is 0 Å². The number of anilines is 1.